The van der Waals surface area contributed by atoms with Crippen LogP contribution in [0.1, 0.15) is 20.3 Å². The summed E-state index contributed by atoms with van der Waals surface area (Å²) in [6, 6.07) is 0. The highest BCUT2D eigenvalue weighted by Crippen LogP contribution is 2.00. The number of hydrogen-bond donors (Lipinski definition) is 0. The van der Waals surface area contributed by atoms with Crippen molar-refractivity contribution in [3.8, 4) is 0 Å². The summed E-state index contributed by atoms with van der Waals surface area (Å²) in [4.78, 5) is 28.4. The second-order valence-corrected chi connectivity index (χ2v) is 3.04. The molecule has 0 N–H and O–H groups in total. The average molecular weight is 238 g/mol. The molecule has 2 unspecified atom stereocenters. The smallest absolute Gasteiger partial charge is 0.294 e. The Kier molecular flexibility index (Phi) is 6.84. The molecule has 0 heterocycles. The zero-order valence-electron chi connectivity index (χ0n) is 9.03. The van der Waals surface area contributed by atoms with Crippen molar-refractivity contribution in [1.29, 1.82) is 0 Å². The van der Waals surface area contributed by atoms with Crippen LogP contribution in [-0.4, -0.2) is 35.6 Å². The van der Waals surface area contributed by atoms with Gasteiger partial charge >= 0.3 is 0 Å². The Morgan fingerprint density at radius 2 is 1.69 bits per heavy atom. The first kappa shape index (κ1) is 14.4. The molecule has 0 aromatic rings. The quantitative estimate of drug-likeness (QED) is 0.426. The highest BCUT2D eigenvalue weighted by Gasteiger charge is 2.13. The van der Waals surface area contributed by atoms with Gasteiger partial charge in [0, 0.05) is 0 Å². The lowest BCUT2D eigenvalue weighted by Crippen LogP contribution is -2.26. The first-order valence-corrected chi connectivity index (χ1v) is 4.65. The maximum Gasteiger partial charge on any atom is 0.294 e. The highest BCUT2D eigenvalue weighted by molar-refractivity contribution is 4.52. The third kappa shape index (κ3) is 7.74. The van der Waals surface area contributed by atoms with Gasteiger partial charge < -0.3 is 14.4 Å². The molecule has 0 aliphatic rings. The lowest BCUT2D eigenvalue weighted by atomic mass is 10.3. The number of rotatable bonds is 9. The second kappa shape index (κ2) is 7.63. The van der Waals surface area contributed by atoms with Crippen LogP contribution in [0.2, 0.25) is 0 Å². The van der Waals surface area contributed by atoms with E-state index in [1.807, 2.05) is 0 Å². The molecule has 0 spiro atoms. The minimum atomic E-state index is -0.918. The van der Waals surface area contributed by atoms with E-state index >= 15 is 0 Å². The van der Waals surface area contributed by atoms with Crippen LogP contribution in [0.15, 0.2) is 0 Å². The van der Waals surface area contributed by atoms with Gasteiger partial charge in [0.1, 0.15) is 12.2 Å². The number of hydrogen-bond acceptors (Lipinski definition) is 7. The van der Waals surface area contributed by atoms with E-state index in [-0.39, 0.29) is 13.2 Å². The van der Waals surface area contributed by atoms with Crippen molar-refractivity contribution in [2.24, 2.45) is 0 Å². The van der Waals surface area contributed by atoms with Gasteiger partial charge in [-0.1, -0.05) is 6.92 Å². The average Bonchev–Trinajstić information content (AvgIpc) is 2.14. The summed E-state index contributed by atoms with van der Waals surface area (Å²) in [5, 5.41) is 18.1. The Hall–Kier alpha value is -1.64. The molecule has 9 heteroatoms. The molecule has 9 nitrogen and oxygen atoms in total. The van der Waals surface area contributed by atoms with Gasteiger partial charge in [-0.2, -0.15) is 0 Å². The Balaban J connectivity index is 3.69. The molecule has 0 amide bonds. The predicted molar refractivity (Wildman–Crippen MR) is 50.5 cm³/mol. The monoisotopic (exact) mass is 238 g/mol. The standard InChI is InChI=1S/C7H14N2O7/c1-3-7(16-9(12)13)5-14-4-6(2)15-8(10)11/h6-7H,3-5H2,1-2H3. The van der Waals surface area contributed by atoms with E-state index in [0.717, 1.165) is 0 Å². The van der Waals surface area contributed by atoms with Gasteiger partial charge in [-0.25, -0.2) is 0 Å². The van der Waals surface area contributed by atoms with Crippen molar-refractivity contribution < 1.29 is 24.6 Å². The summed E-state index contributed by atoms with van der Waals surface area (Å²) < 4.78 is 4.99. The molecule has 0 aliphatic heterocycles. The Bertz CT molecular complexity index is 235. The topological polar surface area (TPSA) is 114 Å². The van der Waals surface area contributed by atoms with Crippen LogP contribution in [0.25, 0.3) is 0 Å². The summed E-state index contributed by atoms with van der Waals surface area (Å²) >= 11 is 0. The zero-order valence-corrected chi connectivity index (χ0v) is 9.03. The van der Waals surface area contributed by atoms with E-state index in [0.29, 0.717) is 6.42 Å². The summed E-state index contributed by atoms with van der Waals surface area (Å²) in [5.41, 5.74) is 0. The Morgan fingerprint density at radius 1 is 1.12 bits per heavy atom. The van der Waals surface area contributed by atoms with E-state index < -0.39 is 22.4 Å². The van der Waals surface area contributed by atoms with E-state index in [4.69, 9.17) is 4.74 Å². The normalized spacial score (nSPS) is 13.9. The fourth-order valence-electron chi connectivity index (χ4n) is 0.887. The summed E-state index contributed by atoms with van der Waals surface area (Å²) in [6.45, 7) is 3.12. The first-order valence-electron chi connectivity index (χ1n) is 4.65. The van der Waals surface area contributed by atoms with Crippen LogP contribution in [0.3, 0.4) is 0 Å². The predicted octanol–water partition coefficient (Wildman–Crippen LogP) is 0.587. The highest BCUT2D eigenvalue weighted by atomic mass is 17.0. The lowest BCUT2D eigenvalue weighted by molar-refractivity contribution is -0.770. The molecule has 0 bridgehead atoms. The van der Waals surface area contributed by atoms with Crippen molar-refractivity contribution >= 4 is 0 Å². The fraction of sp³-hybridized carbons (Fsp3) is 1.00. The van der Waals surface area contributed by atoms with Gasteiger partial charge in [0.05, 0.1) is 13.2 Å². The van der Waals surface area contributed by atoms with Crippen LogP contribution in [0, 0.1) is 20.2 Å². The van der Waals surface area contributed by atoms with Gasteiger partial charge in [0.2, 0.25) is 0 Å². The number of ether oxygens (including phenoxy) is 1. The Morgan fingerprint density at radius 3 is 2.12 bits per heavy atom. The van der Waals surface area contributed by atoms with Crippen molar-refractivity contribution in [1.82, 2.24) is 0 Å². The van der Waals surface area contributed by atoms with Gasteiger partial charge in [-0.05, 0) is 13.3 Å². The molecular formula is C7H14N2O7. The van der Waals surface area contributed by atoms with Crippen molar-refractivity contribution in [3.05, 3.63) is 20.2 Å². The van der Waals surface area contributed by atoms with Crippen LogP contribution in [-0.2, 0) is 14.4 Å². The lowest BCUT2D eigenvalue weighted by Gasteiger charge is -2.14. The van der Waals surface area contributed by atoms with Gasteiger partial charge in [0.25, 0.3) is 10.2 Å². The third-order valence-electron chi connectivity index (χ3n) is 1.61. The molecule has 0 aromatic heterocycles. The van der Waals surface area contributed by atoms with Crippen molar-refractivity contribution in [2.75, 3.05) is 13.2 Å². The maximum atomic E-state index is 10.0. The molecule has 2 atom stereocenters. The van der Waals surface area contributed by atoms with Crippen LogP contribution in [0.5, 0.6) is 0 Å². The molecular weight excluding hydrogens is 224 g/mol. The van der Waals surface area contributed by atoms with Gasteiger partial charge in [-0.15, -0.1) is 20.2 Å². The minimum Gasteiger partial charge on any atom is -0.377 e. The number of nitrogens with zero attached hydrogens (tertiary/aromatic N) is 2. The van der Waals surface area contributed by atoms with E-state index in [9.17, 15) is 20.2 Å². The van der Waals surface area contributed by atoms with E-state index in [2.05, 4.69) is 9.68 Å². The molecule has 0 rings (SSSR count). The maximum absolute atomic E-state index is 10.0. The molecule has 0 saturated carbocycles. The van der Waals surface area contributed by atoms with Crippen LogP contribution in [0.4, 0.5) is 0 Å². The largest absolute Gasteiger partial charge is 0.377 e. The van der Waals surface area contributed by atoms with E-state index in [1.165, 1.54) is 6.92 Å². The first-order chi connectivity index (χ1) is 7.45. The van der Waals surface area contributed by atoms with Crippen molar-refractivity contribution in [3.63, 3.8) is 0 Å². The zero-order chi connectivity index (χ0) is 12.6. The molecule has 0 aliphatic carbocycles. The molecule has 0 saturated heterocycles. The Labute approximate surface area is 91.5 Å². The minimum absolute atomic E-state index is 0.0110. The summed E-state index contributed by atoms with van der Waals surface area (Å²) in [6.07, 6.45) is -0.980. The van der Waals surface area contributed by atoms with Gasteiger partial charge in [-0.3, -0.25) is 0 Å². The fourth-order valence-corrected chi connectivity index (χ4v) is 0.887. The van der Waals surface area contributed by atoms with Crippen LogP contribution < -0.4 is 0 Å². The molecule has 0 aromatic carbocycles. The third-order valence-corrected chi connectivity index (χ3v) is 1.61. The molecule has 94 valence electrons. The molecule has 0 fully saturated rings. The van der Waals surface area contributed by atoms with E-state index in [1.54, 1.807) is 6.92 Å². The summed E-state index contributed by atoms with van der Waals surface area (Å²) in [5.74, 6) is 0. The molecule has 16 heavy (non-hydrogen) atoms. The molecule has 0 radical (unpaired) electrons. The summed E-state index contributed by atoms with van der Waals surface area (Å²) in [7, 11) is 0. The van der Waals surface area contributed by atoms with Gasteiger partial charge in [0.15, 0.2) is 0 Å². The van der Waals surface area contributed by atoms with Crippen molar-refractivity contribution in [2.45, 2.75) is 32.5 Å². The second-order valence-electron chi connectivity index (χ2n) is 3.04. The van der Waals surface area contributed by atoms with Crippen LogP contribution >= 0.6 is 0 Å². The SMILES string of the molecule is CCC(COCC(C)O[N+](=O)[O-])O[N+](=O)[O-].